The maximum Gasteiger partial charge on any atom is 0.0890 e. The largest absolute Gasteiger partial charge is 0.346 e. The Hall–Kier alpha value is -8.37. The lowest BCUT2D eigenvalue weighted by atomic mass is 9.94. The Morgan fingerprint density at radius 2 is 0.605 bits per heavy atom. The van der Waals surface area contributed by atoms with Crippen LogP contribution in [0.25, 0.3) is 66.2 Å². The minimum absolute atomic E-state index is 0.554. The first-order chi connectivity index (χ1) is 39.8. The van der Waals surface area contributed by atoms with Crippen molar-refractivity contribution in [3.8, 4) is 0 Å². The van der Waals surface area contributed by atoms with Gasteiger partial charge in [-0.25, -0.2) is 0 Å². The third-order valence-electron chi connectivity index (χ3n) is 17.1. The van der Waals surface area contributed by atoms with Crippen molar-refractivity contribution < 1.29 is 0 Å². The van der Waals surface area contributed by atoms with E-state index < -0.39 is 0 Å². The molecule has 9 aromatic heterocycles. The quantitative estimate of drug-likeness (QED) is 0.136. The second kappa shape index (κ2) is 23.4. The van der Waals surface area contributed by atoms with Crippen LogP contribution in [0, 0.1) is 0 Å². The number of aromatic nitrogens is 12. The smallest absolute Gasteiger partial charge is 0.0890 e. The molecule has 0 N–H and O–H groups in total. The topological polar surface area (TPSA) is 141 Å². The van der Waals surface area contributed by atoms with Crippen molar-refractivity contribution in [3.63, 3.8) is 0 Å². The molecule has 15 nitrogen and oxygen atoms in total. The monoisotopic (exact) mass is 1070 g/mol. The van der Waals surface area contributed by atoms with Gasteiger partial charge in [0.2, 0.25) is 0 Å². The molecule has 15 heteroatoms. The van der Waals surface area contributed by atoms with E-state index in [1.807, 2.05) is 36.8 Å². The van der Waals surface area contributed by atoms with Crippen molar-refractivity contribution in [2.24, 2.45) is 21.1 Å². The number of rotatable bonds is 9. The van der Waals surface area contributed by atoms with Gasteiger partial charge < -0.3 is 13.7 Å². The molecule has 0 radical (unpaired) electrons. The fourth-order valence-corrected chi connectivity index (χ4v) is 13.1. The minimum atomic E-state index is 0.554. The van der Waals surface area contributed by atoms with Crippen molar-refractivity contribution in [1.29, 1.82) is 0 Å². The standard InChI is InChI=1S/3C22H23N5/c3*1-26-21-5-2-8-23-20(21)13-22(26)17-4-3-11-27(15-17)14-16-6-7-18-19(12-16)25-10-9-24-18/h3*2,5-10,12-13,17H,3-4,11,14-15H2,1H3. The van der Waals surface area contributed by atoms with E-state index in [0.29, 0.717) is 17.8 Å². The van der Waals surface area contributed by atoms with Crippen LogP contribution in [0.2, 0.25) is 0 Å². The molecule has 12 heterocycles. The molecule has 0 amide bonds. The van der Waals surface area contributed by atoms with Crippen LogP contribution in [0.5, 0.6) is 0 Å². The molecule has 3 aromatic carbocycles. The highest BCUT2D eigenvalue weighted by atomic mass is 15.2. The molecule has 3 unspecified atom stereocenters. The first-order valence-corrected chi connectivity index (χ1v) is 28.8. The Morgan fingerprint density at radius 1 is 0.321 bits per heavy atom. The number of piperidine rings is 3. The summed E-state index contributed by atoms with van der Waals surface area (Å²) in [7, 11) is 6.50. The van der Waals surface area contributed by atoms with Crippen molar-refractivity contribution in [2.45, 2.75) is 75.9 Å². The summed E-state index contributed by atoms with van der Waals surface area (Å²) in [5.41, 5.74) is 20.9. The summed E-state index contributed by atoms with van der Waals surface area (Å²) in [5.74, 6) is 1.66. The van der Waals surface area contributed by atoms with Crippen LogP contribution in [0.1, 0.15) is 90.1 Å². The molecule has 3 fully saturated rings. The normalized spacial score (nSPS) is 18.3. The average Bonchev–Trinajstić information content (AvgIpc) is 4.26. The number of likely N-dealkylation sites (tertiary alicyclic amines) is 3. The SMILES string of the molecule is Cn1c(C2CCCN(Cc3ccc4nccnc4c3)C2)cc2ncccc21.Cn1c(C2CCCN(Cc3ccc4nccnc4c3)C2)cc2ncccc21.Cn1c(C2CCCN(Cc3ccc4nccnc4c3)C2)cc2ncccc21. The third-order valence-corrected chi connectivity index (χ3v) is 17.1. The maximum absolute atomic E-state index is 4.53. The first-order valence-electron chi connectivity index (χ1n) is 28.8. The molecule has 3 aliphatic rings. The number of pyridine rings is 3. The van der Waals surface area contributed by atoms with E-state index in [1.165, 1.54) is 88.8 Å². The van der Waals surface area contributed by atoms with Crippen molar-refractivity contribution >= 4 is 66.2 Å². The Balaban J connectivity index is 0.000000114. The molecule has 408 valence electrons. The van der Waals surface area contributed by atoms with Crippen LogP contribution in [-0.4, -0.2) is 113 Å². The molecule has 0 spiro atoms. The maximum atomic E-state index is 4.53. The molecular weight excluding hydrogens is 1000 g/mol. The summed E-state index contributed by atoms with van der Waals surface area (Å²) < 4.78 is 6.96. The van der Waals surface area contributed by atoms with Gasteiger partial charge in [0.15, 0.2) is 0 Å². The predicted molar refractivity (Wildman–Crippen MR) is 323 cm³/mol. The van der Waals surface area contributed by atoms with Gasteiger partial charge in [0, 0.05) is 151 Å². The van der Waals surface area contributed by atoms with E-state index >= 15 is 0 Å². The number of benzene rings is 3. The molecule has 3 saturated heterocycles. The van der Waals surface area contributed by atoms with E-state index in [2.05, 4.69) is 185 Å². The van der Waals surface area contributed by atoms with E-state index in [1.54, 1.807) is 37.2 Å². The number of hydrogen-bond acceptors (Lipinski definition) is 12. The molecule has 0 aliphatic carbocycles. The van der Waals surface area contributed by atoms with E-state index in [0.717, 1.165) is 109 Å². The first kappa shape index (κ1) is 52.0. The van der Waals surface area contributed by atoms with Gasteiger partial charge in [-0.05, 0) is 166 Å². The van der Waals surface area contributed by atoms with E-state index in [4.69, 9.17) is 0 Å². The van der Waals surface area contributed by atoms with Gasteiger partial charge in [-0.15, -0.1) is 0 Å². The fraction of sp³-hybridized carbons (Fsp3) is 0.318. The highest BCUT2D eigenvalue weighted by Gasteiger charge is 2.27. The van der Waals surface area contributed by atoms with E-state index in [9.17, 15) is 0 Å². The lowest BCUT2D eigenvalue weighted by Gasteiger charge is -2.33. The Kier molecular flexibility index (Phi) is 15.0. The number of fused-ring (bicyclic) bond motifs is 6. The summed E-state index contributed by atoms with van der Waals surface area (Å²) in [4.78, 5) is 47.7. The summed E-state index contributed by atoms with van der Waals surface area (Å²) in [6.45, 7) is 9.60. The molecule has 12 aromatic rings. The van der Waals surface area contributed by atoms with Crippen LogP contribution >= 0.6 is 0 Å². The van der Waals surface area contributed by atoms with Crippen molar-refractivity contribution in [3.05, 3.63) is 199 Å². The fourth-order valence-electron chi connectivity index (χ4n) is 13.1. The Bertz CT molecular complexity index is 3720. The van der Waals surface area contributed by atoms with E-state index in [-0.39, 0.29) is 0 Å². The summed E-state index contributed by atoms with van der Waals surface area (Å²) in [5, 5.41) is 0. The van der Waals surface area contributed by atoms with Gasteiger partial charge in [-0.1, -0.05) is 18.2 Å². The second-order valence-corrected chi connectivity index (χ2v) is 22.5. The zero-order valence-electron chi connectivity index (χ0n) is 46.6. The van der Waals surface area contributed by atoms with Crippen LogP contribution in [0.3, 0.4) is 0 Å². The second-order valence-electron chi connectivity index (χ2n) is 22.5. The zero-order chi connectivity index (χ0) is 54.7. The molecule has 0 saturated carbocycles. The zero-order valence-corrected chi connectivity index (χ0v) is 46.6. The molecule has 0 bridgehead atoms. The molecule has 3 atom stereocenters. The van der Waals surface area contributed by atoms with Crippen LogP contribution in [0.4, 0.5) is 0 Å². The summed E-state index contributed by atoms with van der Waals surface area (Å²) in [6, 6.07) is 38.6. The number of aryl methyl sites for hydroxylation is 3. The van der Waals surface area contributed by atoms with Crippen LogP contribution in [0.15, 0.2) is 165 Å². The highest BCUT2D eigenvalue weighted by molar-refractivity contribution is 5.79. The van der Waals surface area contributed by atoms with Gasteiger partial charge >= 0.3 is 0 Å². The molecule has 3 aliphatic heterocycles. The predicted octanol–water partition coefficient (Wildman–Crippen LogP) is 11.7. The van der Waals surface area contributed by atoms with Gasteiger partial charge in [0.25, 0.3) is 0 Å². The molecule has 81 heavy (non-hydrogen) atoms. The van der Waals surface area contributed by atoms with Gasteiger partial charge in [-0.3, -0.25) is 59.6 Å². The minimum Gasteiger partial charge on any atom is -0.346 e. The number of nitrogens with zero attached hydrogens (tertiary/aromatic N) is 15. The van der Waals surface area contributed by atoms with Crippen molar-refractivity contribution in [1.82, 2.24) is 73.3 Å². The number of hydrogen-bond donors (Lipinski definition) is 0. The Labute approximate surface area is 472 Å². The summed E-state index contributed by atoms with van der Waals surface area (Å²) in [6.07, 6.45) is 23.6. The highest BCUT2D eigenvalue weighted by Crippen LogP contribution is 2.34. The summed E-state index contributed by atoms with van der Waals surface area (Å²) >= 11 is 0. The lowest BCUT2D eigenvalue weighted by Crippen LogP contribution is -2.34. The van der Waals surface area contributed by atoms with Gasteiger partial charge in [0.05, 0.1) is 66.2 Å². The van der Waals surface area contributed by atoms with Crippen molar-refractivity contribution in [2.75, 3.05) is 39.3 Å². The molecule has 15 rings (SSSR count). The lowest BCUT2D eigenvalue weighted by molar-refractivity contribution is 0.197. The van der Waals surface area contributed by atoms with Gasteiger partial charge in [-0.2, -0.15) is 0 Å². The van der Waals surface area contributed by atoms with Crippen LogP contribution < -0.4 is 0 Å². The average molecular weight is 1070 g/mol. The Morgan fingerprint density at radius 3 is 0.901 bits per heavy atom. The third kappa shape index (κ3) is 11.4. The molecular formula is C66H69N15. The van der Waals surface area contributed by atoms with Gasteiger partial charge in [0.1, 0.15) is 0 Å². The van der Waals surface area contributed by atoms with Crippen LogP contribution in [-0.2, 0) is 40.8 Å².